The molecule has 2 unspecified atom stereocenters. The van der Waals surface area contributed by atoms with Gasteiger partial charge in [-0.3, -0.25) is 0 Å². The molecule has 17 heavy (non-hydrogen) atoms. The van der Waals surface area contributed by atoms with Gasteiger partial charge in [0.05, 0.1) is 0 Å². The summed E-state index contributed by atoms with van der Waals surface area (Å²) < 4.78 is 26.3. The molecule has 1 aliphatic heterocycles. The second-order valence-electron chi connectivity index (χ2n) is 5.33. The fourth-order valence-electron chi connectivity index (χ4n) is 3.16. The average molecular weight is 237 g/mol. The van der Waals surface area contributed by atoms with Gasteiger partial charge < -0.3 is 5.32 Å². The third kappa shape index (κ3) is 2.21. The lowest BCUT2D eigenvalue weighted by atomic mass is 9.94. The Morgan fingerprint density at radius 1 is 1.29 bits per heavy atom. The number of benzene rings is 1. The molecule has 1 nitrogen and oxygen atoms in total. The van der Waals surface area contributed by atoms with Crippen molar-refractivity contribution < 1.29 is 8.78 Å². The van der Waals surface area contributed by atoms with Crippen LogP contribution in [0.15, 0.2) is 24.3 Å². The van der Waals surface area contributed by atoms with Gasteiger partial charge in [0.1, 0.15) is 0 Å². The van der Waals surface area contributed by atoms with Crippen molar-refractivity contribution in [2.45, 2.75) is 44.2 Å². The van der Waals surface area contributed by atoms with Crippen LogP contribution < -0.4 is 5.32 Å². The smallest absolute Gasteiger partial charge is 0.248 e. The molecule has 1 aromatic carbocycles. The SMILES string of the molecule is FC1(F)CCC(CC2NCc3ccccc32)C1. The Morgan fingerprint density at radius 3 is 2.88 bits per heavy atom. The molecular weight excluding hydrogens is 220 g/mol. The summed E-state index contributed by atoms with van der Waals surface area (Å²) in [5, 5.41) is 3.43. The Bertz CT molecular complexity index is 416. The lowest BCUT2D eigenvalue weighted by Gasteiger charge is -2.17. The summed E-state index contributed by atoms with van der Waals surface area (Å²) in [6.07, 6.45) is 1.68. The maximum atomic E-state index is 13.1. The number of rotatable bonds is 2. The highest BCUT2D eigenvalue weighted by Gasteiger charge is 2.40. The largest absolute Gasteiger partial charge is 0.306 e. The molecule has 1 saturated carbocycles. The van der Waals surface area contributed by atoms with Crippen molar-refractivity contribution in [3.8, 4) is 0 Å². The zero-order valence-corrected chi connectivity index (χ0v) is 9.76. The highest BCUT2D eigenvalue weighted by Crippen LogP contribution is 2.43. The summed E-state index contributed by atoms with van der Waals surface area (Å²) >= 11 is 0. The first kappa shape index (κ1) is 11.1. The molecule has 0 amide bonds. The Labute approximate surface area is 100 Å². The monoisotopic (exact) mass is 237 g/mol. The molecule has 2 aliphatic rings. The molecule has 0 saturated heterocycles. The number of alkyl halides is 2. The Kier molecular flexibility index (Phi) is 2.66. The van der Waals surface area contributed by atoms with Gasteiger partial charge in [0, 0.05) is 25.4 Å². The molecule has 92 valence electrons. The third-order valence-electron chi connectivity index (χ3n) is 4.04. The first-order valence-electron chi connectivity index (χ1n) is 6.33. The van der Waals surface area contributed by atoms with Crippen molar-refractivity contribution in [1.82, 2.24) is 5.32 Å². The molecule has 1 fully saturated rings. The van der Waals surface area contributed by atoms with E-state index in [9.17, 15) is 8.78 Å². The van der Waals surface area contributed by atoms with Gasteiger partial charge in [0.2, 0.25) is 5.92 Å². The van der Waals surface area contributed by atoms with Crippen LogP contribution in [0.4, 0.5) is 8.78 Å². The fraction of sp³-hybridized carbons (Fsp3) is 0.571. The van der Waals surface area contributed by atoms with Gasteiger partial charge in [-0.15, -0.1) is 0 Å². The number of fused-ring (bicyclic) bond motifs is 1. The van der Waals surface area contributed by atoms with Gasteiger partial charge in [-0.25, -0.2) is 8.78 Å². The van der Waals surface area contributed by atoms with Crippen molar-refractivity contribution >= 4 is 0 Å². The third-order valence-corrected chi connectivity index (χ3v) is 4.04. The molecule has 2 atom stereocenters. The minimum atomic E-state index is -2.41. The van der Waals surface area contributed by atoms with Crippen molar-refractivity contribution in [2.24, 2.45) is 5.92 Å². The molecule has 3 heteroatoms. The van der Waals surface area contributed by atoms with Crippen LogP contribution in [-0.4, -0.2) is 5.92 Å². The van der Waals surface area contributed by atoms with Crippen LogP contribution in [0.1, 0.15) is 42.9 Å². The van der Waals surface area contributed by atoms with Crippen LogP contribution in [0.3, 0.4) is 0 Å². The van der Waals surface area contributed by atoms with Gasteiger partial charge in [-0.05, 0) is 29.9 Å². The normalized spacial score (nSPS) is 30.5. The van der Waals surface area contributed by atoms with Crippen LogP contribution in [-0.2, 0) is 6.54 Å². The van der Waals surface area contributed by atoms with Crippen molar-refractivity contribution in [3.63, 3.8) is 0 Å². The first-order valence-corrected chi connectivity index (χ1v) is 6.33. The Balaban J connectivity index is 1.68. The minimum absolute atomic E-state index is 0.0754. The summed E-state index contributed by atoms with van der Waals surface area (Å²) in [5.41, 5.74) is 2.63. The predicted molar refractivity (Wildman–Crippen MR) is 62.9 cm³/mol. The number of hydrogen-bond acceptors (Lipinski definition) is 1. The fourth-order valence-corrected chi connectivity index (χ4v) is 3.16. The van der Waals surface area contributed by atoms with Crippen molar-refractivity contribution in [2.75, 3.05) is 0 Å². The van der Waals surface area contributed by atoms with E-state index >= 15 is 0 Å². The van der Waals surface area contributed by atoms with Gasteiger partial charge in [0.15, 0.2) is 0 Å². The van der Waals surface area contributed by atoms with E-state index in [1.807, 2.05) is 12.1 Å². The summed E-state index contributed by atoms with van der Waals surface area (Å²) in [6, 6.07) is 8.58. The molecule has 0 radical (unpaired) electrons. The zero-order valence-electron chi connectivity index (χ0n) is 9.76. The molecule has 3 rings (SSSR count). The predicted octanol–water partition coefficient (Wildman–Crippen LogP) is 3.66. The number of nitrogens with one attached hydrogen (secondary N) is 1. The Morgan fingerprint density at radius 2 is 2.12 bits per heavy atom. The standard InChI is InChI=1S/C14H17F2N/c15-14(16)6-5-10(8-14)7-13-12-4-2-1-3-11(12)9-17-13/h1-4,10,13,17H,5-9H2. The lowest BCUT2D eigenvalue weighted by Crippen LogP contribution is -2.16. The number of halogens is 2. The van der Waals surface area contributed by atoms with Crippen molar-refractivity contribution in [3.05, 3.63) is 35.4 Å². The maximum absolute atomic E-state index is 13.1. The van der Waals surface area contributed by atoms with Gasteiger partial charge in [0.25, 0.3) is 0 Å². The molecule has 0 aromatic heterocycles. The maximum Gasteiger partial charge on any atom is 0.248 e. The topological polar surface area (TPSA) is 12.0 Å². The summed E-state index contributed by atoms with van der Waals surface area (Å²) in [7, 11) is 0. The van der Waals surface area contributed by atoms with Crippen LogP contribution in [0.25, 0.3) is 0 Å². The lowest BCUT2D eigenvalue weighted by molar-refractivity contribution is 0.00435. The van der Waals surface area contributed by atoms with E-state index in [2.05, 4.69) is 17.4 Å². The van der Waals surface area contributed by atoms with Crippen LogP contribution in [0.2, 0.25) is 0 Å². The average Bonchev–Trinajstić information content (AvgIpc) is 2.84. The molecule has 1 heterocycles. The van der Waals surface area contributed by atoms with E-state index in [1.165, 1.54) is 11.1 Å². The van der Waals surface area contributed by atoms with Crippen LogP contribution in [0, 0.1) is 5.92 Å². The van der Waals surface area contributed by atoms with E-state index in [4.69, 9.17) is 0 Å². The van der Waals surface area contributed by atoms with Gasteiger partial charge >= 0.3 is 0 Å². The van der Waals surface area contributed by atoms with E-state index in [1.54, 1.807) is 0 Å². The zero-order chi connectivity index (χ0) is 11.9. The first-order chi connectivity index (χ1) is 8.14. The van der Waals surface area contributed by atoms with E-state index in [0.29, 0.717) is 6.42 Å². The van der Waals surface area contributed by atoms with Gasteiger partial charge in [-0.2, -0.15) is 0 Å². The summed E-state index contributed by atoms with van der Waals surface area (Å²) in [5.74, 6) is -2.24. The molecule has 1 N–H and O–H groups in total. The molecular formula is C14H17F2N. The molecule has 0 bridgehead atoms. The summed E-state index contributed by atoms with van der Waals surface area (Å²) in [6.45, 7) is 0.879. The van der Waals surface area contributed by atoms with Crippen LogP contribution >= 0.6 is 0 Å². The van der Waals surface area contributed by atoms with Crippen LogP contribution in [0.5, 0.6) is 0 Å². The molecule has 1 aliphatic carbocycles. The Hall–Kier alpha value is -0.960. The summed E-state index contributed by atoms with van der Waals surface area (Å²) in [4.78, 5) is 0. The van der Waals surface area contributed by atoms with E-state index in [0.717, 1.165) is 13.0 Å². The highest BCUT2D eigenvalue weighted by molar-refractivity contribution is 5.33. The van der Waals surface area contributed by atoms with Gasteiger partial charge in [-0.1, -0.05) is 24.3 Å². The molecule has 1 aromatic rings. The quantitative estimate of drug-likeness (QED) is 0.827. The van der Waals surface area contributed by atoms with E-state index < -0.39 is 5.92 Å². The van der Waals surface area contributed by atoms with Crippen molar-refractivity contribution in [1.29, 1.82) is 0 Å². The van der Waals surface area contributed by atoms with E-state index in [-0.39, 0.29) is 24.8 Å². The highest BCUT2D eigenvalue weighted by atomic mass is 19.3. The number of hydrogen-bond donors (Lipinski definition) is 1. The minimum Gasteiger partial charge on any atom is -0.306 e. The second kappa shape index (κ2) is 4.05. The molecule has 0 spiro atoms. The second-order valence-corrected chi connectivity index (χ2v) is 5.33.